The van der Waals surface area contributed by atoms with Crippen LogP contribution in [0.15, 0.2) is 46.6 Å². The van der Waals surface area contributed by atoms with Gasteiger partial charge in [0.25, 0.3) is 0 Å². The first-order valence-corrected chi connectivity index (χ1v) is 5.06. The highest BCUT2D eigenvalue weighted by molar-refractivity contribution is 7.99. The van der Waals surface area contributed by atoms with E-state index >= 15 is 0 Å². The lowest BCUT2D eigenvalue weighted by molar-refractivity contribution is 0.624. The molecule has 0 aliphatic carbocycles. The highest BCUT2D eigenvalue weighted by Crippen LogP contribution is 2.25. The Kier molecular flexibility index (Phi) is 2.82. The number of halogens is 1. The molecule has 2 rings (SSSR count). The molecule has 15 heavy (non-hydrogen) atoms. The Balaban J connectivity index is 2.18. The molecule has 1 aromatic carbocycles. The quantitative estimate of drug-likeness (QED) is 0.845. The van der Waals surface area contributed by atoms with Gasteiger partial charge in [0.2, 0.25) is 0 Å². The van der Waals surface area contributed by atoms with Crippen LogP contribution < -0.4 is 5.73 Å². The van der Waals surface area contributed by atoms with Crippen LogP contribution in [0, 0.1) is 5.82 Å². The summed E-state index contributed by atoms with van der Waals surface area (Å²) in [7, 11) is 0. The van der Waals surface area contributed by atoms with Crippen LogP contribution in [0.4, 0.5) is 10.2 Å². The van der Waals surface area contributed by atoms with E-state index in [1.165, 1.54) is 30.1 Å². The van der Waals surface area contributed by atoms with Gasteiger partial charge in [0.15, 0.2) is 0 Å². The zero-order chi connectivity index (χ0) is 10.7. The van der Waals surface area contributed by atoms with Gasteiger partial charge >= 0.3 is 0 Å². The smallest absolute Gasteiger partial charge is 0.141 e. The van der Waals surface area contributed by atoms with E-state index < -0.39 is 0 Å². The predicted molar refractivity (Wildman–Crippen MR) is 57.0 cm³/mol. The predicted octanol–water partition coefficient (Wildman–Crippen LogP) is 2.35. The molecule has 0 fully saturated rings. The average molecular weight is 221 g/mol. The SMILES string of the molecule is Nc1cnc(Sc2cccc(F)c2)cn1. The third-order valence-corrected chi connectivity index (χ3v) is 2.58. The van der Waals surface area contributed by atoms with Crippen molar-refractivity contribution in [3.63, 3.8) is 0 Å². The van der Waals surface area contributed by atoms with Gasteiger partial charge in [-0.1, -0.05) is 17.8 Å². The molecule has 0 spiro atoms. The number of nitrogen functional groups attached to an aromatic ring is 1. The molecule has 0 aliphatic heterocycles. The molecule has 3 nitrogen and oxygen atoms in total. The second kappa shape index (κ2) is 4.27. The lowest BCUT2D eigenvalue weighted by Crippen LogP contribution is -1.91. The molecule has 0 radical (unpaired) electrons. The standard InChI is InChI=1S/C10H8FN3S/c11-7-2-1-3-8(4-7)15-10-6-13-9(12)5-14-10/h1-6H,(H2,12,13). The van der Waals surface area contributed by atoms with Crippen LogP contribution in [-0.4, -0.2) is 9.97 Å². The Bertz CT molecular complexity index is 458. The Morgan fingerprint density at radius 3 is 2.73 bits per heavy atom. The highest BCUT2D eigenvalue weighted by atomic mass is 32.2. The molecular formula is C10H8FN3S. The van der Waals surface area contributed by atoms with Crippen LogP contribution in [0.2, 0.25) is 0 Å². The molecule has 1 heterocycles. The Labute approximate surface area is 90.6 Å². The summed E-state index contributed by atoms with van der Waals surface area (Å²) in [6, 6.07) is 6.32. The number of benzene rings is 1. The topological polar surface area (TPSA) is 51.8 Å². The molecule has 5 heteroatoms. The molecule has 0 unspecified atom stereocenters. The molecule has 0 bridgehead atoms. The first kappa shape index (κ1) is 9.92. The molecule has 0 amide bonds. The molecule has 76 valence electrons. The van der Waals surface area contributed by atoms with Crippen molar-refractivity contribution in [2.75, 3.05) is 5.73 Å². The van der Waals surface area contributed by atoms with Crippen molar-refractivity contribution in [3.05, 3.63) is 42.5 Å². The molecule has 2 N–H and O–H groups in total. The first-order chi connectivity index (χ1) is 7.24. The van der Waals surface area contributed by atoms with Gasteiger partial charge in [-0.3, -0.25) is 0 Å². The maximum absolute atomic E-state index is 12.9. The second-order valence-electron chi connectivity index (χ2n) is 2.84. The van der Waals surface area contributed by atoms with E-state index in [4.69, 9.17) is 5.73 Å². The zero-order valence-corrected chi connectivity index (χ0v) is 8.54. The maximum Gasteiger partial charge on any atom is 0.141 e. The molecule has 0 saturated carbocycles. The van der Waals surface area contributed by atoms with E-state index in [0.29, 0.717) is 10.8 Å². The summed E-state index contributed by atoms with van der Waals surface area (Å²) >= 11 is 1.34. The number of hydrogen-bond donors (Lipinski definition) is 1. The van der Waals surface area contributed by atoms with Crippen molar-refractivity contribution in [3.8, 4) is 0 Å². The third kappa shape index (κ3) is 2.66. The minimum atomic E-state index is -0.261. The summed E-state index contributed by atoms with van der Waals surface area (Å²) in [5.41, 5.74) is 5.40. The second-order valence-corrected chi connectivity index (χ2v) is 3.93. The molecule has 0 atom stereocenters. The molecule has 1 aromatic heterocycles. The number of rotatable bonds is 2. The Morgan fingerprint density at radius 1 is 1.20 bits per heavy atom. The lowest BCUT2D eigenvalue weighted by Gasteiger charge is -2.00. The summed E-state index contributed by atoms with van der Waals surface area (Å²) in [4.78, 5) is 8.74. The number of nitrogens with zero attached hydrogens (tertiary/aromatic N) is 2. The number of nitrogens with two attached hydrogens (primary N) is 1. The van der Waals surface area contributed by atoms with Crippen LogP contribution in [0.3, 0.4) is 0 Å². The van der Waals surface area contributed by atoms with Crippen LogP contribution in [0.1, 0.15) is 0 Å². The summed E-state index contributed by atoms with van der Waals surface area (Å²) in [6.45, 7) is 0. The Morgan fingerprint density at radius 2 is 2.07 bits per heavy atom. The monoisotopic (exact) mass is 221 g/mol. The summed E-state index contributed by atoms with van der Waals surface area (Å²) in [6.07, 6.45) is 3.03. The number of aromatic nitrogens is 2. The van der Waals surface area contributed by atoms with E-state index in [2.05, 4.69) is 9.97 Å². The number of anilines is 1. The minimum Gasteiger partial charge on any atom is -0.382 e. The maximum atomic E-state index is 12.9. The minimum absolute atomic E-state index is 0.261. The van der Waals surface area contributed by atoms with Gasteiger partial charge in [-0.15, -0.1) is 0 Å². The van der Waals surface area contributed by atoms with Gasteiger partial charge in [-0.05, 0) is 18.2 Å². The largest absolute Gasteiger partial charge is 0.382 e. The zero-order valence-electron chi connectivity index (χ0n) is 7.72. The van der Waals surface area contributed by atoms with Crippen molar-refractivity contribution >= 4 is 17.6 Å². The van der Waals surface area contributed by atoms with Gasteiger partial charge in [0.05, 0.1) is 12.4 Å². The third-order valence-electron chi connectivity index (χ3n) is 1.67. The van der Waals surface area contributed by atoms with Gasteiger partial charge in [0.1, 0.15) is 16.7 Å². The van der Waals surface area contributed by atoms with Gasteiger partial charge in [0, 0.05) is 4.90 Å². The Hall–Kier alpha value is -1.62. The molecule has 2 aromatic rings. The van der Waals surface area contributed by atoms with E-state index in [0.717, 1.165) is 4.90 Å². The van der Waals surface area contributed by atoms with Gasteiger partial charge in [-0.2, -0.15) is 0 Å². The van der Waals surface area contributed by atoms with E-state index in [1.807, 2.05) is 6.07 Å². The fraction of sp³-hybridized carbons (Fsp3) is 0. The van der Waals surface area contributed by atoms with Crippen molar-refractivity contribution < 1.29 is 4.39 Å². The van der Waals surface area contributed by atoms with Crippen molar-refractivity contribution in [2.45, 2.75) is 9.92 Å². The lowest BCUT2D eigenvalue weighted by atomic mass is 10.4. The van der Waals surface area contributed by atoms with E-state index in [-0.39, 0.29) is 5.82 Å². The summed E-state index contributed by atoms with van der Waals surface area (Å²) < 4.78 is 12.9. The first-order valence-electron chi connectivity index (χ1n) is 4.25. The fourth-order valence-electron chi connectivity index (χ4n) is 1.03. The molecule has 0 aliphatic rings. The van der Waals surface area contributed by atoms with Crippen LogP contribution in [0.5, 0.6) is 0 Å². The summed E-state index contributed by atoms with van der Waals surface area (Å²) in [5.74, 6) is 0.113. The van der Waals surface area contributed by atoms with E-state index in [1.54, 1.807) is 12.3 Å². The molecule has 0 saturated heterocycles. The van der Waals surface area contributed by atoms with Crippen molar-refractivity contribution in [1.29, 1.82) is 0 Å². The van der Waals surface area contributed by atoms with Crippen molar-refractivity contribution in [1.82, 2.24) is 9.97 Å². The molecular weight excluding hydrogens is 213 g/mol. The van der Waals surface area contributed by atoms with Gasteiger partial charge in [-0.25, -0.2) is 14.4 Å². The average Bonchev–Trinajstić information content (AvgIpc) is 2.22. The number of hydrogen-bond acceptors (Lipinski definition) is 4. The van der Waals surface area contributed by atoms with Crippen LogP contribution >= 0.6 is 11.8 Å². The normalized spacial score (nSPS) is 10.2. The van der Waals surface area contributed by atoms with Crippen molar-refractivity contribution in [2.24, 2.45) is 0 Å². The van der Waals surface area contributed by atoms with E-state index in [9.17, 15) is 4.39 Å². The van der Waals surface area contributed by atoms with Crippen LogP contribution in [-0.2, 0) is 0 Å². The highest BCUT2D eigenvalue weighted by Gasteiger charge is 2.00. The fourth-order valence-corrected chi connectivity index (χ4v) is 1.80. The summed E-state index contributed by atoms with van der Waals surface area (Å²) in [5, 5.41) is 0.690. The van der Waals surface area contributed by atoms with Gasteiger partial charge < -0.3 is 5.73 Å². The van der Waals surface area contributed by atoms with Crippen LogP contribution in [0.25, 0.3) is 0 Å².